The van der Waals surface area contributed by atoms with Crippen molar-refractivity contribution in [3.8, 4) is 0 Å². The average molecular weight is 303 g/mol. The zero-order valence-corrected chi connectivity index (χ0v) is 11.2. The number of hydrogen-bond acceptors (Lipinski definition) is 4. The zero-order valence-electron chi connectivity index (χ0n) is 9.66. The number of halogens is 1. The molecule has 2 heterocycles. The van der Waals surface area contributed by atoms with Gasteiger partial charge >= 0.3 is 0 Å². The molecule has 1 unspecified atom stereocenters. The summed E-state index contributed by atoms with van der Waals surface area (Å²) in [5.74, 6) is 0.664. The molecular formula is C11H15BrN2O3. The van der Waals surface area contributed by atoms with E-state index in [-0.39, 0.29) is 11.7 Å². The molecule has 5 nitrogen and oxygen atoms in total. The summed E-state index contributed by atoms with van der Waals surface area (Å²) >= 11 is 3.21. The fraction of sp³-hybridized carbons (Fsp3) is 0.636. The molecule has 0 spiro atoms. The van der Waals surface area contributed by atoms with Crippen LogP contribution in [0, 0.1) is 0 Å². The third-order valence-corrected chi connectivity index (χ3v) is 3.52. The van der Waals surface area contributed by atoms with E-state index in [1.165, 1.54) is 0 Å². The monoisotopic (exact) mass is 302 g/mol. The number of aromatic amines is 1. The quantitative estimate of drug-likeness (QED) is 0.913. The van der Waals surface area contributed by atoms with E-state index in [4.69, 9.17) is 9.47 Å². The summed E-state index contributed by atoms with van der Waals surface area (Å²) < 4.78 is 11.0. The molecule has 17 heavy (non-hydrogen) atoms. The minimum atomic E-state index is -0.167. The Morgan fingerprint density at radius 3 is 3.12 bits per heavy atom. The van der Waals surface area contributed by atoms with E-state index in [2.05, 4.69) is 25.9 Å². The fourth-order valence-electron chi connectivity index (χ4n) is 1.91. The van der Waals surface area contributed by atoms with Gasteiger partial charge in [0.1, 0.15) is 10.3 Å². The first kappa shape index (κ1) is 12.7. The van der Waals surface area contributed by atoms with Gasteiger partial charge in [-0.05, 0) is 28.8 Å². The van der Waals surface area contributed by atoms with Crippen molar-refractivity contribution in [2.75, 3.05) is 13.7 Å². The van der Waals surface area contributed by atoms with Gasteiger partial charge < -0.3 is 14.5 Å². The SMILES string of the molecule is COCc1nc(CC2CCCO2)[nH]c(=O)c1Br. The molecule has 1 aliphatic heterocycles. The number of aromatic nitrogens is 2. The highest BCUT2D eigenvalue weighted by molar-refractivity contribution is 9.10. The van der Waals surface area contributed by atoms with Gasteiger partial charge in [-0.25, -0.2) is 4.98 Å². The second-order valence-electron chi connectivity index (χ2n) is 4.05. The number of H-pyrrole nitrogens is 1. The highest BCUT2D eigenvalue weighted by atomic mass is 79.9. The molecule has 0 aliphatic carbocycles. The van der Waals surface area contributed by atoms with Crippen molar-refractivity contribution in [2.45, 2.75) is 32.0 Å². The summed E-state index contributed by atoms with van der Waals surface area (Å²) in [5, 5.41) is 0. The van der Waals surface area contributed by atoms with Crippen LogP contribution in [-0.2, 0) is 22.5 Å². The molecule has 1 aromatic heterocycles. The first-order valence-corrected chi connectivity index (χ1v) is 6.38. The van der Waals surface area contributed by atoms with Gasteiger partial charge in [0.05, 0.1) is 18.4 Å². The first-order chi connectivity index (χ1) is 8.20. The molecule has 1 aromatic rings. The van der Waals surface area contributed by atoms with Gasteiger partial charge in [0.2, 0.25) is 0 Å². The third-order valence-electron chi connectivity index (χ3n) is 2.71. The molecule has 94 valence electrons. The summed E-state index contributed by atoms with van der Waals surface area (Å²) in [7, 11) is 1.58. The summed E-state index contributed by atoms with van der Waals surface area (Å²) in [6, 6.07) is 0. The first-order valence-electron chi connectivity index (χ1n) is 5.59. The Bertz CT molecular complexity index is 441. The van der Waals surface area contributed by atoms with Gasteiger partial charge in [0, 0.05) is 20.1 Å². The van der Waals surface area contributed by atoms with Crippen LogP contribution < -0.4 is 5.56 Å². The third kappa shape index (κ3) is 3.14. The van der Waals surface area contributed by atoms with Crippen LogP contribution in [0.15, 0.2) is 9.27 Å². The molecule has 0 amide bonds. The molecule has 1 aliphatic rings. The predicted octanol–water partition coefficient (Wildman–Crippen LogP) is 1.40. The van der Waals surface area contributed by atoms with Gasteiger partial charge in [0.15, 0.2) is 0 Å². The summed E-state index contributed by atoms with van der Waals surface area (Å²) in [5.41, 5.74) is 0.462. The molecule has 0 radical (unpaired) electrons. The van der Waals surface area contributed by atoms with Crippen molar-refractivity contribution in [1.82, 2.24) is 9.97 Å². The van der Waals surface area contributed by atoms with Crippen LogP contribution in [0.1, 0.15) is 24.4 Å². The van der Waals surface area contributed by atoms with E-state index in [0.29, 0.717) is 29.0 Å². The number of ether oxygens (including phenoxy) is 2. The Morgan fingerprint density at radius 2 is 2.47 bits per heavy atom. The lowest BCUT2D eigenvalue weighted by Gasteiger charge is -2.10. The van der Waals surface area contributed by atoms with Gasteiger partial charge in [-0.1, -0.05) is 0 Å². The maximum absolute atomic E-state index is 11.7. The van der Waals surface area contributed by atoms with E-state index in [1.54, 1.807) is 7.11 Å². The lowest BCUT2D eigenvalue weighted by atomic mass is 10.2. The molecule has 1 N–H and O–H groups in total. The largest absolute Gasteiger partial charge is 0.378 e. The van der Waals surface area contributed by atoms with E-state index >= 15 is 0 Å². The van der Waals surface area contributed by atoms with Gasteiger partial charge in [0.25, 0.3) is 5.56 Å². The van der Waals surface area contributed by atoms with Crippen molar-refractivity contribution in [3.05, 3.63) is 26.3 Å². The minimum absolute atomic E-state index is 0.167. The molecule has 1 fully saturated rings. The van der Waals surface area contributed by atoms with Crippen molar-refractivity contribution >= 4 is 15.9 Å². The fourth-order valence-corrected chi connectivity index (χ4v) is 2.21. The maximum Gasteiger partial charge on any atom is 0.265 e. The normalized spacial score (nSPS) is 19.8. The van der Waals surface area contributed by atoms with E-state index < -0.39 is 0 Å². The van der Waals surface area contributed by atoms with Crippen LogP contribution in [-0.4, -0.2) is 29.8 Å². The zero-order chi connectivity index (χ0) is 12.3. The van der Waals surface area contributed by atoms with Gasteiger partial charge in [-0.15, -0.1) is 0 Å². The highest BCUT2D eigenvalue weighted by Crippen LogP contribution is 2.16. The van der Waals surface area contributed by atoms with Crippen LogP contribution in [0.5, 0.6) is 0 Å². The second-order valence-corrected chi connectivity index (χ2v) is 4.84. The Hall–Kier alpha value is -0.720. The minimum Gasteiger partial charge on any atom is -0.378 e. The molecule has 2 rings (SSSR count). The van der Waals surface area contributed by atoms with Crippen LogP contribution in [0.3, 0.4) is 0 Å². The summed E-state index contributed by atoms with van der Waals surface area (Å²) in [6.07, 6.45) is 2.93. The highest BCUT2D eigenvalue weighted by Gasteiger charge is 2.18. The number of nitrogens with one attached hydrogen (secondary N) is 1. The molecule has 0 aromatic carbocycles. The molecule has 6 heteroatoms. The molecule has 1 atom stereocenters. The summed E-state index contributed by atoms with van der Waals surface area (Å²) in [6.45, 7) is 1.12. The van der Waals surface area contributed by atoms with Crippen molar-refractivity contribution < 1.29 is 9.47 Å². The van der Waals surface area contributed by atoms with E-state index in [9.17, 15) is 4.79 Å². The molecule has 1 saturated heterocycles. The second kappa shape index (κ2) is 5.75. The Morgan fingerprint density at radius 1 is 1.65 bits per heavy atom. The van der Waals surface area contributed by atoms with Crippen molar-refractivity contribution in [1.29, 1.82) is 0 Å². The average Bonchev–Trinajstić information content (AvgIpc) is 2.78. The van der Waals surface area contributed by atoms with E-state index in [0.717, 1.165) is 19.4 Å². The van der Waals surface area contributed by atoms with Gasteiger partial charge in [-0.3, -0.25) is 4.79 Å². The molecular weight excluding hydrogens is 288 g/mol. The Labute approximate surface area is 108 Å². The number of methoxy groups -OCH3 is 1. The summed E-state index contributed by atoms with van der Waals surface area (Å²) in [4.78, 5) is 18.8. The van der Waals surface area contributed by atoms with Crippen molar-refractivity contribution in [3.63, 3.8) is 0 Å². The number of hydrogen-bond donors (Lipinski definition) is 1. The Kier molecular flexibility index (Phi) is 4.31. The predicted molar refractivity (Wildman–Crippen MR) is 65.9 cm³/mol. The van der Waals surface area contributed by atoms with Crippen LogP contribution in [0.2, 0.25) is 0 Å². The Balaban J connectivity index is 2.19. The number of nitrogens with zero attached hydrogens (tertiary/aromatic N) is 1. The van der Waals surface area contributed by atoms with Crippen LogP contribution >= 0.6 is 15.9 Å². The standard InChI is InChI=1S/C11H15BrN2O3/c1-16-6-8-10(12)11(15)14-9(13-8)5-7-3-2-4-17-7/h7H,2-6H2,1H3,(H,13,14,15). The lowest BCUT2D eigenvalue weighted by Crippen LogP contribution is -2.20. The number of rotatable bonds is 4. The smallest absolute Gasteiger partial charge is 0.265 e. The van der Waals surface area contributed by atoms with Crippen LogP contribution in [0.4, 0.5) is 0 Å². The molecule has 0 saturated carbocycles. The molecule has 0 bridgehead atoms. The van der Waals surface area contributed by atoms with Gasteiger partial charge in [-0.2, -0.15) is 0 Å². The lowest BCUT2D eigenvalue weighted by molar-refractivity contribution is 0.109. The van der Waals surface area contributed by atoms with E-state index in [1.807, 2.05) is 0 Å². The van der Waals surface area contributed by atoms with Crippen molar-refractivity contribution in [2.24, 2.45) is 0 Å². The topological polar surface area (TPSA) is 64.2 Å². The van der Waals surface area contributed by atoms with Crippen LogP contribution in [0.25, 0.3) is 0 Å². The maximum atomic E-state index is 11.7.